The monoisotopic (exact) mass is 655 g/mol. The number of benzene rings is 1. The van der Waals surface area contributed by atoms with E-state index >= 15 is 0 Å². The summed E-state index contributed by atoms with van der Waals surface area (Å²) >= 11 is 13.4. The molecule has 4 rings (SSSR count). The van der Waals surface area contributed by atoms with Crippen molar-refractivity contribution in [2.24, 2.45) is 5.41 Å². The molecular formula is C32H39Cl2N7O4. The van der Waals surface area contributed by atoms with Gasteiger partial charge in [0.25, 0.3) is 11.5 Å². The van der Waals surface area contributed by atoms with E-state index in [9.17, 15) is 14.9 Å². The van der Waals surface area contributed by atoms with E-state index < -0.39 is 0 Å². The lowest BCUT2D eigenvalue weighted by Crippen LogP contribution is -2.48. The van der Waals surface area contributed by atoms with Crippen LogP contribution >= 0.6 is 23.2 Å². The SMILES string of the molecule is CNc1ncc2cc(-c3c(Cl)c(OC)cc(OC)c3Cl)c(=O)n(CCCN3CCCC(NC(=O)C(C#N)=CC(C)(C)C)C3)c2n1. The van der Waals surface area contributed by atoms with E-state index in [0.717, 1.165) is 19.4 Å². The molecule has 0 bridgehead atoms. The fraction of sp³-hybridized carbons (Fsp3) is 0.469. The molecule has 1 atom stereocenters. The standard InChI is InChI=1S/C32H39Cl2N7O4/c1-32(2,3)15-20(16-35)29(42)38-21-9-7-10-40(18-21)11-8-12-41-28-19(17-37-31(36-4)39-28)13-22(30(41)43)25-26(33)23(44-5)14-24(45-6)27(25)34/h13-15,17,21H,7-12,18H2,1-6H3,(H,38,42)(H,36,37,39). The average Bonchev–Trinajstić information content (AvgIpc) is 3.01. The molecule has 0 aliphatic carbocycles. The van der Waals surface area contributed by atoms with Crippen molar-refractivity contribution in [2.45, 2.75) is 52.6 Å². The summed E-state index contributed by atoms with van der Waals surface area (Å²) in [4.78, 5) is 38.1. The van der Waals surface area contributed by atoms with Gasteiger partial charge in [-0.1, -0.05) is 50.0 Å². The van der Waals surface area contributed by atoms with Crippen LogP contribution < -0.4 is 25.7 Å². The maximum atomic E-state index is 14.1. The van der Waals surface area contributed by atoms with Crippen LogP contribution in [0.15, 0.2) is 34.8 Å². The number of hydrogen-bond acceptors (Lipinski definition) is 9. The number of carbonyl (C=O) groups is 1. The van der Waals surface area contributed by atoms with Gasteiger partial charge < -0.3 is 25.0 Å². The normalized spacial score (nSPS) is 15.9. The zero-order chi connectivity index (χ0) is 32.9. The van der Waals surface area contributed by atoms with Crippen LogP contribution in [0.5, 0.6) is 11.5 Å². The van der Waals surface area contributed by atoms with Gasteiger partial charge in [-0.3, -0.25) is 14.2 Å². The van der Waals surface area contributed by atoms with E-state index in [-0.39, 0.29) is 44.1 Å². The largest absolute Gasteiger partial charge is 0.495 e. The zero-order valence-corrected chi connectivity index (χ0v) is 28.0. The van der Waals surface area contributed by atoms with Gasteiger partial charge in [0.05, 0.1) is 29.8 Å². The Morgan fingerprint density at radius 1 is 1.18 bits per heavy atom. The Bertz CT molecular complexity index is 1680. The summed E-state index contributed by atoms with van der Waals surface area (Å²) in [5, 5.41) is 16.5. The number of likely N-dealkylation sites (tertiary alicyclic amines) is 1. The molecule has 11 nitrogen and oxygen atoms in total. The lowest BCUT2D eigenvalue weighted by molar-refractivity contribution is -0.118. The lowest BCUT2D eigenvalue weighted by Gasteiger charge is -2.33. The molecule has 1 aromatic carbocycles. The summed E-state index contributed by atoms with van der Waals surface area (Å²) in [5.41, 5.74) is 0.578. The zero-order valence-electron chi connectivity index (χ0n) is 26.5. The molecule has 13 heteroatoms. The first-order chi connectivity index (χ1) is 21.4. The molecule has 1 amide bonds. The molecule has 2 aromatic heterocycles. The van der Waals surface area contributed by atoms with E-state index in [1.165, 1.54) is 14.2 Å². The molecule has 0 saturated carbocycles. The molecule has 45 heavy (non-hydrogen) atoms. The number of methoxy groups -OCH3 is 2. The van der Waals surface area contributed by atoms with E-state index in [1.54, 1.807) is 36.0 Å². The second-order valence-corrected chi connectivity index (χ2v) is 12.8. The molecule has 1 aliphatic heterocycles. The van der Waals surface area contributed by atoms with Crippen molar-refractivity contribution in [1.82, 2.24) is 24.8 Å². The van der Waals surface area contributed by atoms with Crippen molar-refractivity contribution < 1.29 is 14.3 Å². The number of piperidine rings is 1. The van der Waals surface area contributed by atoms with Gasteiger partial charge in [0.15, 0.2) is 0 Å². The highest BCUT2D eigenvalue weighted by Crippen LogP contribution is 2.45. The number of halogens is 2. The Balaban J connectivity index is 1.60. The molecule has 2 N–H and O–H groups in total. The Morgan fingerprint density at radius 2 is 1.87 bits per heavy atom. The van der Waals surface area contributed by atoms with Crippen molar-refractivity contribution in [2.75, 3.05) is 46.2 Å². The van der Waals surface area contributed by atoms with Gasteiger partial charge in [0.2, 0.25) is 5.95 Å². The van der Waals surface area contributed by atoms with Gasteiger partial charge in [-0.05, 0) is 43.8 Å². The number of carbonyl (C=O) groups excluding carboxylic acids is 1. The first-order valence-corrected chi connectivity index (χ1v) is 15.5. The summed E-state index contributed by atoms with van der Waals surface area (Å²) in [6.45, 7) is 8.42. The first kappa shape index (κ1) is 34.0. The number of allylic oxidation sites excluding steroid dienone is 1. The summed E-state index contributed by atoms with van der Waals surface area (Å²) in [6.07, 6.45) is 5.71. The number of nitriles is 1. The minimum Gasteiger partial charge on any atom is -0.495 e. The highest BCUT2D eigenvalue weighted by Gasteiger charge is 2.25. The van der Waals surface area contributed by atoms with Gasteiger partial charge in [0.1, 0.15) is 28.8 Å². The predicted octanol–water partition coefficient (Wildman–Crippen LogP) is 5.29. The third-order valence-corrected chi connectivity index (χ3v) is 8.28. The van der Waals surface area contributed by atoms with Gasteiger partial charge in [-0.15, -0.1) is 0 Å². The van der Waals surface area contributed by atoms with Crippen molar-refractivity contribution >= 4 is 46.1 Å². The van der Waals surface area contributed by atoms with Crippen LogP contribution in [0.25, 0.3) is 22.2 Å². The Kier molecular flexibility index (Phi) is 11.0. The number of fused-ring (bicyclic) bond motifs is 1. The Labute approximate surface area is 273 Å². The maximum Gasteiger partial charge on any atom is 0.261 e. The minimum absolute atomic E-state index is 0.0758. The van der Waals surface area contributed by atoms with E-state index in [1.807, 2.05) is 26.8 Å². The minimum atomic E-state index is -0.347. The fourth-order valence-corrected chi connectivity index (χ4v) is 6.17. The van der Waals surface area contributed by atoms with Gasteiger partial charge in [-0.25, -0.2) is 4.98 Å². The number of aromatic nitrogens is 3. The number of ether oxygens (including phenoxy) is 2. The van der Waals surface area contributed by atoms with Crippen LogP contribution in [-0.4, -0.2) is 72.3 Å². The summed E-state index contributed by atoms with van der Waals surface area (Å²) in [5.74, 6) is 0.682. The predicted molar refractivity (Wildman–Crippen MR) is 177 cm³/mol. The van der Waals surface area contributed by atoms with Crippen molar-refractivity contribution in [3.63, 3.8) is 0 Å². The molecule has 1 unspecified atom stereocenters. The Hall–Kier alpha value is -3.85. The fourth-order valence-electron chi connectivity index (χ4n) is 5.46. The van der Waals surface area contributed by atoms with Crippen LogP contribution in [0, 0.1) is 16.7 Å². The number of anilines is 1. The third kappa shape index (κ3) is 7.87. The van der Waals surface area contributed by atoms with Gasteiger partial charge in [-0.2, -0.15) is 10.2 Å². The molecule has 0 radical (unpaired) electrons. The third-order valence-electron chi connectivity index (χ3n) is 7.53. The van der Waals surface area contributed by atoms with E-state index in [0.29, 0.717) is 60.1 Å². The number of nitrogens with zero attached hydrogens (tertiary/aromatic N) is 5. The molecule has 240 valence electrons. The molecule has 3 aromatic rings. The number of hydrogen-bond donors (Lipinski definition) is 2. The topological polar surface area (TPSA) is 134 Å². The molecule has 1 saturated heterocycles. The number of aryl methyl sites for hydroxylation is 1. The van der Waals surface area contributed by atoms with Crippen LogP contribution in [-0.2, 0) is 11.3 Å². The number of pyridine rings is 1. The summed E-state index contributed by atoms with van der Waals surface area (Å²) < 4.78 is 12.5. The Morgan fingerprint density at radius 3 is 2.47 bits per heavy atom. The quantitative estimate of drug-likeness (QED) is 0.221. The second kappa shape index (κ2) is 14.5. The van der Waals surface area contributed by atoms with Crippen LogP contribution in [0.3, 0.4) is 0 Å². The first-order valence-electron chi connectivity index (χ1n) is 14.8. The van der Waals surface area contributed by atoms with Crippen LogP contribution in [0.1, 0.15) is 40.0 Å². The molecule has 1 aliphatic rings. The van der Waals surface area contributed by atoms with Crippen molar-refractivity contribution in [3.05, 3.63) is 50.4 Å². The number of amides is 1. The van der Waals surface area contributed by atoms with Gasteiger partial charge >= 0.3 is 0 Å². The van der Waals surface area contributed by atoms with Crippen LogP contribution in [0.4, 0.5) is 5.95 Å². The smallest absolute Gasteiger partial charge is 0.261 e. The summed E-state index contributed by atoms with van der Waals surface area (Å²) in [6, 6.07) is 5.21. The second-order valence-electron chi connectivity index (χ2n) is 12.0. The van der Waals surface area contributed by atoms with E-state index in [2.05, 4.69) is 25.5 Å². The maximum absolute atomic E-state index is 14.1. The molecule has 0 spiro atoms. The highest BCUT2D eigenvalue weighted by molar-refractivity contribution is 6.41. The summed E-state index contributed by atoms with van der Waals surface area (Å²) in [7, 11) is 4.67. The lowest BCUT2D eigenvalue weighted by atomic mass is 9.93. The molecular weight excluding hydrogens is 617 g/mol. The van der Waals surface area contributed by atoms with Gasteiger partial charge in [0, 0.05) is 49.4 Å². The average molecular weight is 657 g/mol. The molecule has 1 fully saturated rings. The van der Waals surface area contributed by atoms with Crippen molar-refractivity contribution in [1.29, 1.82) is 5.26 Å². The molecule has 3 heterocycles. The number of nitrogens with one attached hydrogen (secondary N) is 2. The van der Waals surface area contributed by atoms with E-state index in [4.69, 9.17) is 32.7 Å². The van der Waals surface area contributed by atoms with Crippen molar-refractivity contribution in [3.8, 4) is 28.7 Å². The van der Waals surface area contributed by atoms with Crippen LogP contribution in [0.2, 0.25) is 10.0 Å². The number of rotatable bonds is 10. The highest BCUT2D eigenvalue weighted by atomic mass is 35.5.